The van der Waals surface area contributed by atoms with Crippen molar-refractivity contribution < 1.29 is 9.84 Å². The van der Waals surface area contributed by atoms with Gasteiger partial charge in [0.05, 0.1) is 35.9 Å². The SMILES string of the molecule is Cc1nc(N2CCC3(CCOC3)CC2)c(CO)nc1Sc1ccnc(N2CC(C#N)C2)c1Cl. The number of hydrogen-bond acceptors (Lipinski definition) is 9. The molecule has 174 valence electrons. The van der Waals surface area contributed by atoms with E-state index in [1.807, 2.05) is 17.9 Å². The Morgan fingerprint density at radius 3 is 2.70 bits per heavy atom. The molecule has 5 rings (SSSR count). The summed E-state index contributed by atoms with van der Waals surface area (Å²) in [5.41, 5.74) is 1.71. The first-order chi connectivity index (χ1) is 16.0. The van der Waals surface area contributed by atoms with Gasteiger partial charge < -0.3 is 19.6 Å². The van der Waals surface area contributed by atoms with E-state index in [4.69, 9.17) is 31.6 Å². The number of rotatable bonds is 5. The van der Waals surface area contributed by atoms with Crippen LogP contribution in [0.2, 0.25) is 5.02 Å². The number of aliphatic hydroxyl groups excluding tert-OH is 1. The molecule has 10 heteroatoms. The molecule has 33 heavy (non-hydrogen) atoms. The monoisotopic (exact) mass is 486 g/mol. The molecule has 0 unspecified atom stereocenters. The van der Waals surface area contributed by atoms with Gasteiger partial charge >= 0.3 is 0 Å². The van der Waals surface area contributed by atoms with Crippen molar-refractivity contribution in [1.29, 1.82) is 5.26 Å². The quantitative estimate of drug-likeness (QED) is 0.681. The summed E-state index contributed by atoms with van der Waals surface area (Å²) in [4.78, 5) is 19.1. The lowest BCUT2D eigenvalue weighted by molar-refractivity contribution is 0.133. The zero-order valence-corrected chi connectivity index (χ0v) is 20.2. The van der Waals surface area contributed by atoms with Gasteiger partial charge in [0, 0.05) is 43.9 Å². The number of ether oxygens (including phenoxy) is 1. The van der Waals surface area contributed by atoms with Gasteiger partial charge in [0.15, 0.2) is 5.82 Å². The second-order valence-corrected chi connectivity index (χ2v) is 10.5. The van der Waals surface area contributed by atoms with Crippen LogP contribution in [-0.2, 0) is 11.3 Å². The molecular weight excluding hydrogens is 460 g/mol. The van der Waals surface area contributed by atoms with Crippen LogP contribution < -0.4 is 9.80 Å². The first-order valence-corrected chi connectivity index (χ1v) is 12.5. The van der Waals surface area contributed by atoms with Crippen LogP contribution in [0, 0.1) is 29.6 Å². The van der Waals surface area contributed by atoms with Crippen LogP contribution in [0.5, 0.6) is 0 Å². The normalized spacial score (nSPS) is 20.2. The summed E-state index contributed by atoms with van der Waals surface area (Å²) in [5, 5.41) is 20.4. The lowest BCUT2D eigenvalue weighted by Gasteiger charge is -2.39. The molecule has 2 aromatic heterocycles. The number of piperidine rings is 1. The summed E-state index contributed by atoms with van der Waals surface area (Å²) in [6.45, 7) is 6.58. The molecule has 0 radical (unpaired) electrons. The summed E-state index contributed by atoms with van der Waals surface area (Å²) >= 11 is 8.10. The van der Waals surface area contributed by atoms with E-state index in [1.54, 1.807) is 6.20 Å². The molecule has 8 nitrogen and oxygen atoms in total. The van der Waals surface area contributed by atoms with Gasteiger partial charge in [0.1, 0.15) is 16.5 Å². The van der Waals surface area contributed by atoms with Crippen LogP contribution in [0.25, 0.3) is 0 Å². The van der Waals surface area contributed by atoms with E-state index in [1.165, 1.54) is 11.8 Å². The lowest BCUT2D eigenvalue weighted by Crippen LogP contribution is -2.46. The topological polar surface area (TPSA) is 98.4 Å². The Morgan fingerprint density at radius 2 is 2.03 bits per heavy atom. The Bertz CT molecular complexity index is 1070. The molecule has 0 atom stereocenters. The number of aromatic nitrogens is 3. The van der Waals surface area contributed by atoms with Crippen molar-refractivity contribution in [2.45, 2.75) is 42.7 Å². The minimum Gasteiger partial charge on any atom is -0.390 e. The summed E-state index contributed by atoms with van der Waals surface area (Å²) in [6, 6.07) is 4.13. The second-order valence-electron chi connectivity index (χ2n) is 9.11. The fraction of sp³-hybridized carbons (Fsp3) is 0.565. The summed E-state index contributed by atoms with van der Waals surface area (Å²) in [6.07, 6.45) is 5.02. The maximum Gasteiger partial charge on any atom is 0.153 e. The predicted octanol–water partition coefficient (Wildman–Crippen LogP) is 3.44. The van der Waals surface area contributed by atoms with Gasteiger partial charge in [-0.3, -0.25) is 0 Å². The number of nitriles is 1. The minimum absolute atomic E-state index is 0.0257. The maximum atomic E-state index is 10.1. The maximum absolute atomic E-state index is 10.1. The smallest absolute Gasteiger partial charge is 0.153 e. The molecule has 2 aromatic rings. The van der Waals surface area contributed by atoms with Gasteiger partial charge in [-0.2, -0.15) is 5.26 Å². The predicted molar refractivity (Wildman–Crippen MR) is 127 cm³/mol. The average Bonchev–Trinajstić information content (AvgIpc) is 3.25. The number of hydrogen-bond donors (Lipinski definition) is 1. The Balaban J connectivity index is 1.35. The third-order valence-electron chi connectivity index (χ3n) is 6.94. The average molecular weight is 487 g/mol. The van der Waals surface area contributed by atoms with E-state index in [9.17, 15) is 5.11 Å². The first kappa shape index (κ1) is 22.7. The summed E-state index contributed by atoms with van der Waals surface area (Å²) < 4.78 is 5.65. The van der Waals surface area contributed by atoms with Gasteiger partial charge in [-0.25, -0.2) is 15.0 Å². The molecule has 0 bridgehead atoms. The molecule has 3 aliphatic rings. The number of pyridine rings is 1. The third kappa shape index (κ3) is 4.37. The fourth-order valence-electron chi connectivity index (χ4n) is 4.77. The van der Waals surface area contributed by atoms with Crippen molar-refractivity contribution >= 4 is 35.0 Å². The Hall–Kier alpha value is -2.12. The largest absolute Gasteiger partial charge is 0.390 e. The van der Waals surface area contributed by atoms with Crippen LogP contribution in [-0.4, -0.2) is 59.5 Å². The van der Waals surface area contributed by atoms with Gasteiger partial charge in [-0.15, -0.1) is 0 Å². The molecule has 5 heterocycles. The fourth-order valence-corrected chi connectivity index (χ4v) is 5.98. The van der Waals surface area contributed by atoms with Gasteiger partial charge in [-0.05, 0) is 37.7 Å². The third-order valence-corrected chi connectivity index (χ3v) is 8.57. The molecule has 0 amide bonds. The molecule has 0 aliphatic carbocycles. The molecule has 1 spiro atoms. The molecule has 1 N–H and O–H groups in total. The van der Waals surface area contributed by atoms with Crippen LogP contribution in [0.4, 0.5) is 11.6 Å². The number of anilines is 2. The van der Waals surface area contributed by atoms with Crippen molar-refractivity contribution in [3.8, 4) is 6.07 Å². The Labute approximate surface area is 202 Å². The van der Waals surface area contributed by atoms with E-state index in [-0.39, 0.29) is 12.5 Å². The van der Waals surface area contributed by atoms with Crippen molar-refractivity contribution in [1.82, 2.24) is 15.0 Å². The number of nitrogens with zero attached hydrogens (tertiary/aromatic N) is 6. The van der Waals surface area contributed by atoms with E-state index >= 15 is 0 Å². The lowest BCUT2D eigenvalue weighted by atomic mass is 9.78. The van der Waals surface area contributed by atoms with Crippen LogP contribution in [0.3, 0.4) is 0 Å². The van der Waals surface area contributed by atoms with Crippen molar-refractivity contribution in [3.05, 3.63) is 28.7 Å². The Kier molecular flexibility index (Phi) is 6.36. The highest BCUT2D eigenvalue weighted by Gasteiger charge is 2.39. The van der Waals surface area contributed by atoms with Gasteiger partial charge in [-0.1, -0.05) is 23.4 Å². The Morgan fingerprint density at radius 1 is 1.24 bits per heavy atom. The van der Waals surface area contributed by atoms with E-state index in [2.05, 4.69) is 16.0 Å². The van der Waals surface area contributed by atoms with E-state index in [0.717, 1.165) is 67.0 Å². The van der Waals surface area contributed by atoms with Gasteiger partial charge in [0.25, 0.3) is 0 Å². The zero-order chi connectivity index (χ0) is 23.0. The van der Waals surface area contributed by atoms with E-state index < -0.39 is 0 Å². The van der Waals surface area contributed by atoms with E-state index in [0.29, 0.717) is 35.0 Å². The molecule has 3 saturated heterocycles. The van der Waals surface area contributed by atoms with Crippen LogP contribution >= 0.6 is 23.4 Å². The molecule has 3 aliphatic heterocycles. The van der Waals surface area contributed by atoms with Crippen LogP contribution in [0.1, 0.15) is 30.7 Å². The zero-order valence-electron chi connectivity index (χ0n) is 18.6. The van der Waals surface area contributed by atoms with Crippen molar-refractivity contribution in [2.75, 3.05) is 49.2 Å². The summed E-state index contributed by atoms with van der Waals surface area (Å²) in [7, 11) is 0. The highest BCUT2D eigenvalue weighted by atomic mass is 35.5. The minimum atomic E-state index is -0.167. The number of halogens is 1. The van der Waals surface area contributed by atoms with Gasteiger partial charge in [0.2, 0.25) is 0 Å². The highest BCUT2D eigenvalue weighted by molar-refractivity contribution is 7.99. The summed E-state index contributed by atoms with van der Waals surface area (Å²) in [5.74, 6) is 1.49. The molecule has 0 saturated carbocycles. The van der Waals surface area contributed by atoms with Crippen molar-refractivity contribution in [2.24, 2.45) is 11.3 Å². The van der Waals surface area contributed by atoms with Crippen molar-refractivity contribution in [3.63, 3.8) is 0 Å². The second kappa shape index (κ2) is 9.26. The molecule has 0 aromatic carbocycles. The first-order valence-electron chi connectivity index (χ1n) is 11.3. The number of aliphatic hydroxyl groups is 1. The molecule has 3 fully saturated rings. The molecular formula is C23H27ClN6O2S. The standard InChI is InChI=1S/C23H27ClN6O2S/c1-15-22(33-18-2-6-26-21(19(18)24)30-11-16(10-25)12-30)28-17(13-31)20(27-15)29-7-3-23(4-8-29)5-9-32-14-23/h2,6,16,31H,3-5,7-9,11-14H2,1H3. The van der Waals surface area contributed by atoms with Crippen LogP contribution in [0.15, 0.2) is 22.2 Å². The number of aryl methyl sites for hydroxylation is 1. The highest BCUT2D eigenvalue weighted by Crippen LogP contribution is 2.42.